The fourth-order valence-corrected chi connectivity index (χ4v) is 2.98. The second-order valence-electron chi connectivity index (χ2n) is 5.62. The Morgan fingerprint density at radius 2 is 1.94 bits per heavy atom. The average molecular weight is 272 g/mol. The van der Waals surface area contributed by atoms with Crippen molar-refractivity contribution in [3.63, 3.8) is 0 Å². The number of hydrogen-bond acceptors (Lipinski definition) is 3. The largest absolute Gasteiger partial charge is 0.354 e. The van der Waals surface area contributed by atoms with Crippen LogP contribution in [0.4, 0.5) is 0 Å². The van der Waals surface area contributed by atoms with E-state index in [-0.39, 0.29) is 17.9 Å². The maximum absolute atomic E-state index is 12.0. The van der Waals surface area contributed by atoms with Gasteiger partial charge in [-0.25, -0.2) is 0 Å². The molecule has 0 spiro atoms. The molecule has 0 aromatic rings. The molecule has 1 N–H and O–H groups in total. The van der Waals surface area contributed by atoms with Gasteiger partial charge in [-0.2, -0.15) is 0 Å². The molecule has 2 amide bonds. The smallest absolute Gasteiger partial charge is 0.243 e. The molecule has 18 heavy (non-hydrogen) atoms. The van der Waals surface area contributed by atoms with E-state index in [1.807, 2.05) is 13.8 Å². The molecule has 0 aliphatic carbocycles. The monoisotopic (exact) mass is 272 g/mol. The van der Waals surface area contributed by atoms with Crippen LogP contribution in [0.15, 0.2) is 0 Å². The maximum Gasteiger partial charge on any atom is 0.243 e. The summed E-state index contributed by atoms with van der Waals surface area (Å²) < 4.78 is 0. The third kappa shape index (κ3) is 4.52. The van der Waals surface area contributed by atoms with Gasteiger partial charge in [0.25, 0.3) is 0 Å². The van der Waals surface area contributed by atoms with Gasteiger partial charge in [-0.05, 0) is 11.8 Å². The van der Waals surface area contributed by atoms with Crippen LogP contribution in [0.5, 0.6) is 0 Å². The number of nitrogens with one attached hydrogen (secondary N) is 1. The van der Waals surface area contributed by atoms with Gasteiger partial charge in [0.1, 0.15) is 6.04 Å². The first-order chi connectivity index (χ1) is 8.41. The predicted octanol–water partition coefficient (Wildman–Crippen LogP) is 1.71. The number of carbonyl (C=O) groups excluding carboxylic acids is 2. The van der Waals surface area contributed by atoms with Crippen molar-refractivity contribution in [2.45, 2.75) is 40.2 Å². The molecule has 1 unspecified atom stereocenters. The van der Waals surface area contributed by atoms with Gasteiger partial charge in [0.2, 0.25) is 11.8 Å². The van der Waals surface area contributed by atoms with E-state index in [0.717, 1.165) is 0 Å². The van der Waals surface area contributed by atoms with Crippen molar-refractivity contribution < 1.29 is 9.59 Å². The summed E-state index contributed by atoms with van der Waals surface area (Å²) in [5, 5.41) is 2.92. The Bertz CT molecular complexity index is 305. The molecule has 0 aromatic carbocycles. The van der Waals surface area contributed by atoms with Crippen LogP contribution >= 0.6 is 11.8 Å². The predicted molar refractivity (Wildman–Crippen MR) is 75.3 cm³/mol. The van der Waals surface area contributed by atoms with Crippen molar-refractivity contribution in [2.75, 3.05) is 18.2 Å². The van der Waals surface area contributed by atoms with Crippen molar-refractivity contribution in [2.24, 2.45) is 11.8 Å². The van der Waals surface area contributed by atoms with Gasteiger partial charge in [0.05, 0.1) is 5.88 Å². The SMILES string of the molecule is CC(C)CNC(=O)C1CSCN1C(=O)CC(C)C. The van der Waals surface area contributed by atoms with E-state index in [1.165, 1.54) is 0 Å². The molecule has 1 atom stereocenters. The molecular weight excluding hydrogens is 248 g/mol. The van der Waals surface area contributed by atoms with Crippen LogP contribution < -0.4 is 5.32 Å². The summed E-state index contributed by atoms with van der Waals surface area (Å²) in [4.78, 5) is 25.8. The molecule has 5 heteroatoms. The van der Waals surface area contributed by atoms with Crippen LogP contribution in [-0.4, -0.2) is 40.9 Å². The lowest BCUT2D eigenvalue weighted by Crippen LogP contribution is -2.48. The Labute approximate surface area is 114 Å². The molecule has 1 aliphatic rings. The lowest BCUT2D eigenvalue weighted by Gasteiger charge is -2.24. The lowest BCUT2D eigenvalue weighted by atomic mass is 10.1. The first kappa shape index (κ1) is 15.3. The molecule has 1 aliphatic heterocycles. The number of carbonyl (C=O) groups is 2. The zero-order valence-corrected chi connectivity index (χ0v) is 12.5. The van der Waals surface area contributed by atoms with Crippen molar-refractivity contribution in [1.82, 2.24) is 10.2 Å². The summed E-state index contributed by atoms with van der Waals surface area (Å²) in [5.74, 6) is 2.22. The van der Waals surface area contributed by atoms with Gasteiger partial charge in [-0.1, -0.05) is 27.7 Å². The molecule has 0 aromatic heterocycles. The first-order valence-corrected chi connectivity index (χ1v) is 7.72. The molecule has 0 radical (unpaired) electrons. The molecule has 0 bridgehead atoms. The van der Waals surface area contributed by atoms with E-state index in [4.69, 9.17) is 0 Å². The Morgan fingerprint density at radius 3 is 2.50 bits per heavy atom. The fourth-order valence-electron chi connectivity index (χ4n) is 1.79. The minimum Gasteiger partial charge on any atom is -0.354 e. The number of amides is 2. The quantitative estimate of drug-likeness (QED) is 0.829. The molecule has 4 nitrogen and oxygen atoms in total. The van der Waals surface area contributed by atoms with E-state index in [2.05, 4.69) is 19.2 Å². The maximum atomic E-state index is 12.0. The Morgan fingerprint density at radius 1 is 1.28 bits per heavy atom. The fraction of sp³-hybridized carbons (Fsp3) is 0.846. The normalized spacial score (nSPS) is 19.7. The molecule has 1 fully saturated rings. The van der Waals surface area contributed by atoms with Crippen molar-refractivity contribution in [3.05, 3.63) is 0 Å². The minimum atomic E-state index is -0.278. The highest BCUT2D eigenvalue weighted by Crippen LogP contribution is 2.22. The van der Waals surface area contributed by atoms with Crippen LogP contribution in [0.2, 0.25) is 0 Å². The van der Waals surface area contributed by atoms with Gasteiger partial charge < -0.3 is 10.2 Å². The summed E-state index contributed by atoms with van der Waals surface area (Å²) in [6, 6.07) is -0.278. The van der Waals surface area contributed by atoms with Gasteiger partial charge in [0, 0.05) is 18.7 Å². The van der Waals surface area contributed by atoms with E-state index >= 15 is 0 Å². The number of hydrogen-bond donors (Lipinski definition) is 1. The van der Waals surface area contributed by atoms with E-state index in [1.54, 1.807) is 16.7 Å². The molecular formula is C13H24N2O2S. The summed E-state index contributed by atoms with van der Waals surface area (Å²) in [6.45, 7) is 8.84. The van der Waals surface area contributed by atoms with Gasteiger partial charge in [0.15, 0.2) is 0 Å². The zero-order valence-electron chi connectivity index (χ0n) is 11.7. The molecule has 0 saturated carbocycles. The Hall–Kier alpha value is -0.710. The van der Waals surface area contributed by atoms with Gasteiger partial charge in [-0.15, -0.1) is 11.8 Å². The Balaban J connectivity index is 2.53. The first-order valence-electron chi connectivity index (χ1n) is 6.56. The van der Waals surface area contributed by atoms with Crippen LogP contribution in [-0.2, 0) is 9.59 Å². The standard InChI is InChI=1S/C13H24N2O2S/c1-9(2)5-12(16)15-8-18-7-11(15)13(17)14-6-10(3)4/h9-11H,5-8H2,1-4H3,(H,14,17). The van der Waals surface area contributed by atoms with Crippen molar-refractivity contribution >= 4 is 23.6 Å². The van der Waals surface area contributed by atoms with Crippen molar-refractivity contribution in [3.8, 4) is 0 Å². The summed E-state index contributed by atoms with van der Waals surface area (Å²) in [6.07, 6.45) is 0.522. The average Bonchev–Trinajstić information content (AvgIpc) is 2.73. The second-order valence-corrected chi connectivity index (χ2v) is 6.62. The van der Waals surface area contributed by atoms with E-state index < -0.39 is 0 Å². The molecule has 1 saturated heterocycles. The van der Waals surface area contributed by atoms with Gasteiger partial charge >= 0.3 is 0 Å². The van der Waals surface area contributed by atoms with E-state index in [9.17, 15) is 9.59 Å². The zero-order chi connectivity index (χ0) is 13.7. The molecule has 1 rings (SSSR count). The van der Waals surface area contributed by atoms with E-state index in [0.29, 0.717) is 36.4 Å². The third-order valence-corrected chi connectivity index (χ3v) is 3.78. The molecule has 1 heterocycles. The summed E-state index contributed by atoms with van der Waals surface area (Å²) >= 11 is 1.65. The Kier molecular flexibility index (Phi) is 5.99. The summed E-state index contributed by atoms with van der Waals surface area (Å²) in [5.41, 5.74) is 0. The van der Waals surface area contributed by atoms with Crippen molar-refractivity contribution in [1.29, 1.82) is 0 Å². The highest BCUT2D eigenvalue weighted by atomic mass is 32.2. The highest BCUT2D eigenvalue weighted by Gasteiger charge is 2.34. The van der Waals surface area contributed by atoms with Crippen LogP contribution in [0.1, 0.15) is 34.1 Å². The summed E-state index contributed by atoms with van der Waals surface area (Å²) in [7, 11) is 0. The second kappa shape index (κ2) is 7.02. The minimum absolute atomic E-state index is 0.00851. The number of rotatable bonds is 5. The van der Waals surface area contributed by atoms with Crippen LogP contribution in [0.25, 0.3) is 0 Å². The third-order valence-electron chi connectivity index (χ3n) is 2.77. The topological polar surface area (TPSA) is 49.4 Å². The van der Waals surface area contributed by atoms with Gasteiger partial charge in [-0.3, -0.25) is 9.59 Å². The number of nitrogens with zero attached hydrogens (tertiary/aromatic N) is 1. The lowest BCUT2D eigenvalue weighted by molar-refractivity contribution is -0.138. The van der Waals surface area contributed by atoms with Crippen LogP contribution in [0, 0.1) is 11.8 Å². The van der Waals surface area contributed by atoms with Crippen LogP contribution in [0.3, 0.4) is 0 Å². The highest BCUT2D eigenvalue weighted by molar-refractivity contribution is 7.99. The number of thioether (sulfide) groups is 1. The molecule has 104 valence electrons.